The van der Waals surface area contributed by atoms with Gasteiger partial charge in [0.05, 0.1) is 13.5 Å². The number of benzene rings is 1. The lowest BCUT2D eigenvalue weighted by atomic mass is 9.96. The Morgan fingerprint density at radius 3 is 2.62 bits per heavy atom. The van der Waals surface area contributed by atoms with Gasteiger partial charge in [-0.25, -0.2) is 8.78 Å². The zero-order valence-electron chi connectivity index (χ0n) is 8.87. The fourth-order valence-electron chi connectivity index (χ4n) is 1.39. The maximum atomic E-state index is 13.0. The Kier molecular flexibility index (Phi) is 4.37. The number of hydrogen-bond donors (Lipinski definition) is 1. The number of carbonyl (C=O) groups is 1. The van der Waals surface area contributed by atoms with Crippen LogP contribution in [0.1, 0.15) is 17.9 Å². The van der Waals surface area contributed by atoms with Crippen molar-refractivity contribution >= 4 is 5.97 Å². The van der Waals surface area contributed by atoms with E-state index >= 15 is 0 Å². The molecule has 1 aromatic rings. The van der Waals surface area contributed by atoms with E-state index < -0.39 is 17.6 Å². The van der Waals surface area contributed by atoms with E-state index in [1.165, 1.54) is 13.2 Å². The molecule has 0 spiro atoms. The summed E-state index contributed by atoms with van der Waals surface area (Å²) in [5.41, 5.74) is 5.96. The highest BCUT2D eigenvalue weighted by molar-refractivity contribution is 5.70. The minimum Gasteiger partial charge on any atom is -0.469 e. The summed E-state index contributed by atoms with van der Waals surface area (Å²) in [7, 11) is 1.27. The van der Waals surface area contributed by atoms with Gasteiger partial charge in [0, 0.05) is 5.92 Å². The lowest BCUT2D eigenvalue weighted by Gasteiger charge is -2.13. The van der Waals surface area contributed by atoms with E-state index in [1.807, 2.05) is 0 Å². The highest BCUT2D eigenvalue weighted by atomic mass is 19.2. The molecule has 1 unspecified atom stereocenters. The lowest BCUT2D eigenvalue weighted by Crippen LogP contribution is -2.17. The number of esters is 1. The Balaban J connectivity index is 2.86. The van der Waals surface area contributed by atoms with Crippen LogP contribution in [0.2, 0.25) is 0 Å². The average molecular weight is 229 g/mol. The molecule has 16 heavy (non-hydrogen) atoms. The van der Waals surface area contributed by atoms with Gasteiger partial charge in [0.1, 0.15) is 0 Å². The molecule has 0 saturated carbocycles. The van der Waals surface area contributed by atoms with Crippen molar-refractivity contribution in [1.82, 2.24) is 0 Å². The lowest BCUT2D eigenvalue weighted by molar-refractivity contribution is -0.141. The summed E-state index contributed by atoms with van der Waals surface area (Å²) >= 11 is 0. The molecule has 1 aromatic carbocycles. The fraction of sp³-hybridized carbons (Fsp3) is 0.364. The van der Waals surface area contributed by atoms with E-state index in [9.17, 15) is 13.6 Å². The third kappa shape index (κ3) is 3.00. The van der Waals surface area contributed by atoms with Gasteiger partial charge in [0.2, 0.25) is 0 Å². The van der Waals surface area contributed by atoms with Crippen molar-refractivity contribution in [2.24, 2.45) is 5.73 Å². The van der Waals surface area contributed by atoms with E-state index in [-0.39, 0.29) is 18.9 Å². The summed E-state index contributed by atoms with van der Waals surface area (Å²) in [5, 5.41) is 0. The van der Waals surface area contributed by atoms with E-state index in [4.69, 9.17) is 5.73 Å². The van der Waals surface area contributed by atoms with Crippen LogP contribution in [0, 0.1) is 11.6 Å². The first-order chi connectivity index (χ1) is 7.58. The first kappa shape index (κ1) is 12.6. The van der Waals surface area contributed by atoms with Crippen LogP contribution in [0.5, 0.6) is 0 Å². The molecule has 0 aliphatic rings. The van der Waals surface area contributed by atoms with Crippen LogP contribution >= 0.6 is 0 Å². The van der Waals surface area contributed by atoms with Crippen molar-refractivity contribution in [1.29, 1.82) is 0 Å². The number of methoxy groups -OCH3 is 1. The molecule has 2 N–H and O–H groups in total. The van der Waals surface area contributed by atoms with Gasteiger partial charge in [-0.2, -0.15) is 0 Å². The standard InChI is InChI=1S/C11H13F2NO2/c1-16-11(15)5-8(6-14)7-2-3-9(12)10(13)4-7/h2-4,8H,5-6,14H2,1H3. The monoisotopic (exact) mass is 229 g/mol. The van der Waals surface area contributed by atoms with Crippen molar-refractivity contribution < 1.29 is 18.3 Å². The summed E-state index contributed by atoms with van der Waals surface area (Å²) < 4.78 is 30.2. The van der Waals surface area contributed by atoms with Crippen LogP contribution in [-0.2, 0) is 9.53 Å². The topological polar surface area (TPSA) is 52.3 Å². The first-order valence-electron chi connectivity index (χ1n) is 4.80. The molecule has 0 radical (unpaired) electrons. The van der Waals surface area contributed by atoms with Gasteiger partial charge < -0.3 is 10.5 Å². The quantitative estimate of drug-likeness (QED) is 0.797. The Hall–Kier alpha value is -1.49. The van der Waals surface area contributed by atoms with E-state index in [1.54, 1.807) is 0 Å². The van der Waals surface area contributed by atoms with E-state index in [0.29, 0.717) is 5.56 Å². The largest absolute Gasteiger partial charge is 0.469 e. The number of hydrogen-bond acceptors (Lipinski definition) is 3. The summed E-state index contributed by atoms with van der Waals surface area (Å²) in [6.45, 7) is 0.167. The number of carbonyl (C=O) groups excluding carboxylic acids is 1. The minimum absolute atomic E-state index is 0.0536. The van der Waals surface area contributed by atoms with E-state index in [0.717, 1.165) is 12.1 Å². The van der Waals surface area contributed by atoms with Crippen LogP contribution in [0.3, 0.4) is 0 Å². The predicted molar refractivity (Wildman–Crippen MR) is 54.8 cm³/mol. The second-order valence-electron chi connectivity index (χ2n) is 3.39. The Bertz CT molecular complexity index is 382. The highest BCUT2D eigenvalue weighted by Gasteiger charge is 2.16. The van der Waals surface area contributed by atoms with Crippen LogP contribution in [0.15, 0.2) is 18.2 Å². The average Bonchev–Trinajstić information content (AvgIpc) is 2.29. The van der Waals surface area contributed by atoms with Crippen LogP contribution in [0.4, 0.5) is 8.78 Å². The number of halogens is 2. The van der Waals surface area contributed by atoms with Gasteiger partial charge in [0.25, 0.3) is 0 Å². The van der Waals surface area contributed by atoms with Gasteiger partial charge in [-0.05, 0) is 24.2 Å². The molecule has 0 aliphatic carbocycles. The summed E-state index contributed by atoms with van der Waals surface area (Å²) in [6.07, 6.45) is 0.0536. The third-order valence-electron chi connectivity index (χ3n) is 2.34. The molecule has 0 bridgehead atoms. The molecule has 0 saturated heterocycles. The number of rotatable bonds is 4. The Morgan fingerprint density at radius 1 is 1.44 bits per heavy atom. The van der Waals surface area contributed by atoms with Crippen LogP contribution < -0.4 is 5.73 Å². The van der Waals surface area contributed by atoms with Crippen molar-refractivity contribution in [3.8, 4) is 0 Å². The van der Waals surface area contributed by atoms with Gasteiger partial charge in [0.15, 0.2) is 11.6 Å². The van der Waals surface area contributed by atoms with Crippen molar-refractivity contribution in [2.45, 2.75) is 12.3 Å². The summed E-state index contributed by atoms with van der Waals surface area (Å²) in [6, 6.07) is 3.49. The molecule has 88 valence electrons. The summed E-state index contributed by atoms with van der Waals surface area (Å²) in [5.74, 6) is -2.65. The van der Waals surface area contributed by atoms with Gasteiger partial charge in [-0.3, -0.25) is 4.79 Å². The molecule has 0 aromatic heterocycles. The second-order valence-corrected chi connectivity index (χ2v) is 3.39. The zero-order valence-corrected chi connectivity index (χ0v) is 8.87. The minimum atomic E-state index is -0.944. The Labute approximate surface area is 92.2 Å². The van der Waals surface area contributed by atoms with Crippen molar-refractivity contribution in [3.63, 3.8) is 0 Å². The second kappa shape index (κ2) is 5.55. The number of ether oxygens (including phenoxy) is 1. The molecule has 0 fully saturated rings. The maximum Gasteiger partial charge on any atom is 0.306 e. The molecular weight excluding hydrogens is 216 g/mol. The molecule has 0 amide bonds. The Morgan fingerprint density at radius 2 is 2.12 bits per heavy atom. The SMILES string of the molecule is COC(=O)CC(CN)c1ccc(F)c(F)c1. The molecular formula is C11H13F2NO2. The fourth-order valence-corrected chi connectivity index (χ4v) is 1.39. The van der Waals surface area contributed by atoms with Crippen molar-refractivity contribution in [2.75, 3.05) is 13.7 Å². The molecule has 0 aliphatic heterocycles. The van der Waals surface area contributed by atoms with Gasteiger partial charge in [-0.15, -0.1) is 0 Å². The molecule has 1 rings (SSSR count). The zero-order chi connectivity index (χ0) is 12.1. The van der Waals surface area contributed by atoms with Gasteiger partial charge in [-0.1, -0.05) is 6.07 Å². The highest BCUT2D eigenvalue weighted by Crippen LogP contribution is 2.21. The normalized spacial score (nSPS) is 12.2. The van der Waals surface area contributed by atoms with E-state index in [2.05, 4.69) is 4.74 Å². The molecule has 5 heteroatoms. The van der Waals surface area contributed by atoms with Gasteiger partial charge >= 0.3 is 5.97 Å². The molecule has 0 heterocycles. The third-order valence-corrected chi connectivity index (χ3v) is 2.34. The molecule has 3 nitrogen and oxygen atoms in total. The van der Waals surface area contributed by atoms with Crippen LogP contribution in [-0.4, -0.2) is 19.6 Å². The summed E-state index contributed by atoms with van der Waals surface area (Å²) in [4.78, 5) is 11.1. The smallest absolute Gasteiger partial charge is 0.306 e. The predicted octanol–water partition coefficient (Wildman–Crippen LogP) is 1.57. The maximum absolute atomic E-state index is 13.0. The first-order valence-corrected chi connectivity index (χ1v) is 4.80. The van der Waals surface area contributed by atoms with Crippen molar-refractivity contribution in [3.05, 3.63) is 35.4 Å². The van der Waals surface area contributed by atoms with Crippen LogP contribution in [0.25, 0.3) is 0 Å². The number of nitrogens with two attached hydrogens (primary N) is 1. The molecule has 1 atom stereocenters.